The van der Waals surface area contributed by atoms with Gasteiger partial charge < -0.3 is 10.4 Å². The average molecular weight is 358 g/mol. The second kappa shape index (κ2) is 8.45. The van der Waals surface area contributed by atoms with Crippen molar-refractivity contribution in [3.05, 3.63) is 81.5 Å². The van der Waals surface area contributed by atoms with Gasteiger partial charge in [-0.3, -0.25) is 0 Å². The van der Waals surface area contributed by atoms with Gasteiger partial charge in [0.2, 0.25) is 0 Å². The zero-order valence-electron chi connectivity index (χ0n) is 13.3. The van der Waals surface area contributed by atoms with E-state index in [1.807, 2.05) is 35.7 Å². The van der Waals surface area contributed by atoms with Crippen molar-refractivity contribution in [2.24, 2.45) is 0 Å². The van der Waals surface area contributed by atoms with Gasteiger partial charge in [0.25, 0.3) is 0 Å². The van der Waals surface area contributed by atoms with Gasteiger partial charge in [-0.2, -0.15) is 0 Å². The van der Waals surface area contributed by atoms with Gasteiger partial charge in [-0.25, -0.2) is 0 Å². The van der Waals surface area contributed by atoms with Crippen molar-refractivity contribution >= 4 is 22.9 Å². The van der Waals surface area contributed by atoms with E-state index in [1.54, 1.807) is 11.3 Å². The van der Waals surface area contributed by atoms with Crippen LogP contribution in [0.3, 0.4) is 0 Å². The smallest absolute Gasteiger partial charge is 0.101 e. The molecule has 1 heterocycles. The van der Waals surface area contributed by atoms with Crippen LogP contribution in [-0.4, -0.2) is 18.2 Å². The Morgan fingerprint density at radius 3 is 2.42 bits per heavy atom. The molecule has 1 aromatic heterocycles. The Balaban J connectivity index is 1.46. The second-order valence-electron chi connectivity index (χ2n) is 5.69. The minimum absolute atomic E-state index is 0.464. The molecule has 0 saturated carbocycles. The molecule has 0 spiro atoms. The summed E-state index contributed by atoms with van der Waals surface area (Å²) in [6.07, 6.45) is 0.466. The third-order valence-corrected chi connectivity index (χ3v) is 5.17. The van der Waals surface area contributed by atoms with E-state index < -0.39 is 6.10 Å². The number of thiophene rings is 1. The van der Waals surface area contributed by atoms with Gasteiger partial charge in [-0.15, -0.1) is 11.3 Å². The number of hydrogen-bond acceptors (Lipinski definition) is 3. The summed E-state index contributed by atoms with van der Waals surface area (Å²) in [7, 11) is 0. The van der Waals surface area contributed by atoms with Crippen molar-refractivity contribution in [3.8, 4) is 11.1 Å². The summed E-state index contributed by atoms with van der Waals surface area (Å²) in [6.45, 7) is 1.40. The van der Waals surface area contributed by atoms with Gasteiger partial charge in [0.05, 0.1) is 6.10 Å². The molecule has 0 radical (unpaired) electrons. The van der Waals surface area contributed by atoms with E-state index in [9.17, 15) is 5.11 Å². The number of aliphatic hydroxyl groups excluding tert-OH is 1. The molecule has 4 heteroatoms. The van der Waals surface area contributed by atoms with Crippen molar-refractivity contribution in [2.45, 2.75) is 12.5 Å². The van der Waals surface area contributed by atoms with Gasteiger partial charge in [-0.1, -0.05) is 66.2 Å². The monoisotopic (exact) mass is 357 g/mol. The van der Waals surface area contributed by atoms with Crippen LogP contribution >= 0.6 is 22.9 Å². The SMILES string of the molecule is OC(CNCCc1ccc(-c2ccsc2Cl)cc1)c1ccccc1. The summed E-state index contributed by atoms with van der Waals surface area (Å²) in [6, 6.07) is 20.3. The largest absolute Gasteiger partial charge is 0.387 e. The van der Waals surface area contributed by atoms with Crippen LogP contribution in [0.5, 0.6) is 0 Å². The van der Waals surface area contributed by atoms with E-state index in [4.69, 9.17) is 11.6 Å². The lowest BCUT2D eigenvalue weighted by atomic mass is 10.1. The molecular weight excluding hydrogens is 338 g/mol. The molecule has 0 bridgehead atoms. The van der Waals surface area contributed by atoms with Crippen molar-refractivity contribution < 1.29 is 5.11 Å². The number of halogens is 1. The van der Waals surface area contributed by atoms with Crippen LogP contribution in [0.25, 0.3) is 11.1 Å². The molecule has 3 aromatic rings. The quantitative estimate of drug-likeness (QED) is 0.587. The summed E-state index contributed by atoms with van der Waals surface area (Å²) in [4.78, 5) is 0. The van der Waals surface area contributed by atoms with Crippen LogP contribution in [-0.2, 0) is 6.42 Å². The predicted octanol–water partition coefficient (Wildman–Crippen LogP) is 4.93. The minimum Gasteiger partial charge on any atom is -0.387 e. The van der Waals surface area contributed by atoms with Crippen LogP contribution in [0, 0.1) is 0 Å². The zero-order chi connectivity index (χ0) is 16.8. The first-order valence-corrected chi connectivity index (χ1v) is 9.26. The Hall–Kier alpha value is -1.65. The van der Waals surface area contributed by atoms with E-state index in [0.717, 1.165) is 34.0 Å². The second-order valence-corrected chi connectivity index (χ2v) is 7.20. The molecule has 0 aliphatic carbocycles. The Labute approximate surface area is 151 Å². The lowest BCUT2D eigenvalue weighted by Crippen LogP contribution is -2.23. The molecule has 0 aliphatic heterocycles. The van der Waals surface area contributed by atoms with Gasteiger partial charge in [0.1, 0.15) is 4.34 Å². The summed E-state index contributed by atoms with van der Waals surface area (Å²) in [5.74, 6) is 0. The predicted molar refractivity (Wildman–Crippen MR) is 103 cm³/mol. The first-order valence-electron chi connectivity index (χ1n) is 8.00. The maximum atomic E-state index is 10.1. The maximum Gasteiger partial charge on any atom is 0.101 e. The Morgan fingerprint density at radius 2 is 1.75 bits per heavy atom. The fourth-order valence-electron chi connectivity index (χ4n) is 2.62. The average Bonchev–Trinajstić information content (AvgIpc) is 3.06. The third-order valence-electron chi connectivity index (χ3n) is 4.00. The minimum atomic E-state index is -0.464. The van der Waals surface area contributed by atoms with E-state index in [1.165, 1.54) is 5.56 Å². The first kappa shape index (κ1) is 17.2. The van der Waals surface area contributed by atoms with E-state index >= 15 is 0 Å². The van der Waals surface area contributed by atoms with E-state index in [2.05, 4.69) is 35.6 Å². The number of aliphatic hydroxyl groups is 1. The molecule has 24 heavy (non-hydrogen) atoms. The lowest BCUT2D eigenvalue weighted by Gasteiger charge is -2.12. The summed E-state index contributed by atoms with van der Waals surface area (Å²) < 4.78 is 0.833. The van der Waals surface area contributed by atoms with Crippen LogP contribution in [0.4, 0.5) is 0 Å². The normalized spacial score (nSPS) is 12.2. The molecule has 0 fully saturated rings. The van der Waals surface area contributed by atoms with E-state index in [0.29, 0.717) is 6.54 Å². The van der Waals surface area contributed by atoms with Crippen molar-refractivity contribution in [1.82, 2.24) is 5.32 Å². The third kappa shape index (κ3) is 4.46. The Morgan fingerprint density at radius 1 is 1.00 bits per heavy atom. The standard InChI is InChI=1S/C20H20ClNOS/c21-20-18(11-13-24-20)16-8-6-15(7-9-16)10-12-22-14-19(23)17-4-2-1-3-5-17/h1-9,11,13,19,22-23H,10,12,14H2. The maximum absolute atomic E-state index is 10.1. The molecule has 0 aliphatic rings. The molecule has 2 nitrogen and oxygen atoms in total. The first-order chi connectivity index (χ1) is 11.7. The molecule has 1 atom stereocenters. The summed E-state index contributed by atoms with van der Waals surface area (Å²) >= 11 is 7.73. The van der Waals surface area contributed by atoms with Crippen LogP contribution in [0.2, 0.25) is 4.34 Å². The van der Waals surface area contributed by atoms with Crippen LogP contribution in [0.1, 0.15) is 17.2 Å². The molecular formula is C20H20ClNOS. The number of rotatable bonds is 7. The van der Waals surface area contributed by atoms with E-state index in [-0.39, 0.29) is 0 Å². The molecule has 2 N–H and O–H groups in total. The van der Waals surface area contributed by atoms with Crippen molar-refractivity contribution in [2.75, 3.05) is 13.1 Å². The highest BCUT2D eigenvalue weighted by Crippen LogP contribution is 2.32. The zero-order valence-corrected chi connectivity index (χ0v) is 14.9. The molecule has 124 valence electrons. The molecule has 0 amide bonds. The molecule has 3 rings (SSSR count). The fourth-order valence-corrected chi connectivity index (χ4v) is 3.58. The van der Waals surface area contributed by atoms with Gasteiger partial charge >= 0.3 is 0 Å². The van der Waals surface area contributed by atoms with Gasteiger partial charge in [-0.05, 0) is 41.1 Å². The van der Waals surface area contributed by atoms with Gasteiger partial charge in [0, 0.05) is 12.1 Å². The van der Waals surface area contributed by atoms with Crippen molar-refractivity contribution in [1.29, 1.82) is 0 Å². The van der Waals surface area contributed by atoms with Gasteiger partial charge in [0.15, 0.2) is 0 Å². The summed E-state index contributed by atoms with van der Waals surface area (Å²) in [5, 5.41) is 15.4. The highest BCUT2D eigenvalue weighted by molar-refractivity contribution is 7.15. The topological polar surface area (TPSA) is 32.3 Å². The molecule has 1 unspecified atom stereocenters. The highest BCUT2D eigenvalue weighted by atomic mass is 35.5. The Bertz CT molecular complexity index is 755. The molecule has 0 saturated heterocycles. The van der Waals surface area contributed by atoms with Crippen molar-refractivity contribution in [3.63, 3.8) is 0 Å². The van der Waals surface area contributed by atoms with Crippen LogP contribution in [0.15, 0.2) is 66.0 Å². The highest BCUT2D eigenvalue weighted by Gasteiger charge is 2.06. The fraction of sp³-hybridized carbons (Fsp3) is 0.200. The number of hydrogen-bond donors (Lipinski definition) is 2. The summed E-state index contributed by atoms with van der Waals surface area (Å²) in [5.41, 5.74) is 4.46. The lowest BCUT2D eigenvalue weighted by molar-refractivity contribution is 0.175. The number of nitrogens with one attached hydrogen (secondary N) is 1. The Kier molecular flexibility index (Phi) is 6.05. The number of benzene rings is 2. The molecule has 2 aromatic carbocycles. The van der Waals surface area contributed by atoms with Crippen LogP contribution < -0.4 is 5.32 Å².